The molecule has 1 aromatic heterocycles. The quantitative estimate of drug-likeness (QED) is 0.931. The zero-order valence-electron chi connectivity index (χ0n) is 12.4. The van der Waals surface area contributed by atoms with E-state index in [1.54, 1.807) is 0 Å². The van der Waals surface area contributed by atoms with Gasteiger partial charge in [0.2, 0.25) is 0 Å². The molecule has 4 heteroatoms. The molecule has 2 aromatic rings. The third kappa shape index (κ3) is 3.14. The minimum absolute atomic E-state index is 0.423. The first-order valence-electron chi connectivity index (χ1n) is 7.77. The van der Waals surface area contributed by atoms with Crippen molar-refractivity contribution < 1.29 is 0 Å². The van der Waals surface area contributed by atoms with E-state index in [0.717, 1.165) is 37.5 Å². The maximum atomic E-state index is 6.42. The van der Waals surface area contributed by atoms with Crippen molar-refractivity contribution in [1.82, 2.24) is 15.1 Å². The van der Waals surface area contributed by atoms with Crippen LogP contribution in [0.1, 0.15) is 42.7 Å². The lowest BCUT2D eigenvalue weighted by Crippen LogP contribution is -2.34. The number of nitrogens with one attached hydrogen (secondary N) is 1. The third-order valence-corrected chi connectivity index (χ3v) is 4.67. The van der Waals surface area contributed by atoms with Crippen LogP contribution in [0, 0.1) is 0 Å². The summed E-state index contributed by atoms with van der Waals surface area (Å²) in [5, 5.41) is 8.87. The van der Waals surface area contributed by atoms with Crippen molar-refractivity contribution in [1.29, 1.82) is 0 Å². The molecule has 1 N–H and O–H groups in total. The van der Waals surface area contributed by atoms with Crippen molar-refractivity contribution in [2.45, 2.75) is 38.1 Å². The van der Waals surface area contributed by atoms with Crippen molar-refractivity contribution in [2.75, 3.05) is 13.1 Å². The summed E-state index contributed by atoms with van der Waals surface area (Å²) >= 11 is 6.42. The molecule has 1 saturated heterocycles. The van der Waals surface area contributed by atoms with Crippen LogP contribution >= 0.6 is 11.6 Å². The van der Waals surface area contributed by atoms with Gasteiger partial charge in [-0.05, 0) is 42.5 Å². The second kappa shape index (κ2) is 6.63. The van der Waals surface area contributed by atoms with Gasteiger partial charge in [0.05, 0.1) is 6.20 Å². The number of aromatic nitrogens is 2. The Morgan fingerprint density at radius 1 is 1.33 bits per heavy atom. The number of halogens is 1. The number of piperidine rings is 1. The molecule has 0 spiro atoms. The van der Waals surface area contributed by atoms with Crippen LogP contribution in [0.4, 0.5) is 0 Å². The first-order valence-corrected chi connectivity index (χ1v) is 8.15. The summed E-state index contributed by atoms with van der Waals surface area (Å²) in [4.78, 5) is 0. The molecule has 1 aliphatic rings. The predicted molar refractivity (Wildman–Crippen MR) is 86.9 cm³/mol. The average molecular weight is 304 g/mol. The Bertz CT molecular complexity index is 593. The maximum Gasteiger partial charge on any atom is 0.0524 e. The highest BCUT2D eigenvalue weighted by Crippen LogP contribution is 2.39. The van der Waals surface area contributed by atoms with E-state index in [2.05, 4.69) is 40.4 Å². The first kappa shape index (κ1) is 14.6. The zero-order valence-corrected chi connectivity index (χ0v) is 13.2. The van der Waals surface area contributed by atoms with Crippen LogP contribution in [0.25, 0.3) is 0 Å². The summed E-state index contributed by atoms with van der Waals surface area (Å²) in [6.07, 6.45) is 6.49. The molecule has 112 valence electrons. The SMILES string of the molecule is CCCn1cc(C2CCNCC2c2ccccc2Cl)cn1. The topological polar surface area (TPSA) is 29.9 Å². The molecule has 1 aliphatic heterocycles. The first-order chi connectivity index (χ1) is 10.3. The molecule has 2 unspecified atom stereocenters. The zero-order chi connectivity index (χ0) is 14.7. The lowest BCUT2D eigenvalue weighted by molar-refractivity contribution is 0.404. The molecule has 0 bridgehead atoms. The Balaban J connectivity index is 1.89. The van der Waals surface area contributed by atoms with E-state index in [1.165, 1.54) is 11.1 Å². The molecular weight excluding hydrogens is 282 g/mol. The van der Waals surface area contributed by atoms with Crippen LogP contribution in [-0.4, -0.2) is 22.9 Å². The molecule has 0 aliphatic carbocycles. The van der Waals surface area contributed by atoms with Crippen molar-refractivity contribution in [3.05, 3.63) is 52.8 Å². The molecule has 2 heterocycles. The molecule has 0 saturated carbocycles. The van der Waals surface area contributed by atoms with Crippen molar-refractivity contribution in [2.24, 2.45) is 0 Å². The van der Waals surface area contributed by atoms with Gasteiger partial charge in [-0.25, -0.2) is 0 Å². The van der Waals surface area contributed by atoms with Crippen molar-refractivity contribution >= 4 is 11.6 Å². The van der Waals surface area contributed by atoms with Gasteiger partial charge in [-0.1, -0.05) is 36.7 Å². The van der Waals surface area contributed by atoms with Gasteiger partial charge < -0.3 is 5.32 Å². The normalized spacial score (nSPS) is 22.4. The number of rotatable bonds is 4. The number of nitrogens with zero attached hydrogens (tertiary/aromatic N) is 2. The highest BCUT2D eigenvalue weighted by atomic mass is 35.5. The highest BCUT2D eigenvalue weighted by molar-refractivity contribution is 6.31. The van der Waals surface area contributed by atoms with Crippen LogP contribution in [0.5, 0.6) is 0 Å². The van der Waals surface area contributed by atoms with Crippen LogP contribution in [-0.2, 0) is 6.54 Å². The van der Waals surface area contributed by atoms with E-state index in [-0.39, 0.29) is 0 Å². The molecule has 3 nitrogen and oxygen atoms in total. The minimum atomic E-state index is 0.423. The summed E-state index contributed by atoms with van der Waals surface area (Å²) in [5.74, 6) is 0.920. The van der Waals surface area contributed by atoms with Gasteiger partial charge in [0.15, 0.2) is 0 Å². The van der Waals surface area contributed by atoms with Crippen LogP contribution < -0.4 is 5.32 Å². The van der Waals surface area contributed by atoms with E-state index in [9.17, 15) is 0 Å². The molecule has 21 heavy (non-hydrogen) atoms. The van der Waals surface area contributed by atoms with Crippen LogP contribution in [0.2, 0.25) is 5.02 Å². The van der Waals surface area contributed by atoms with E-state index in [1.807, 2.05) is 18.3 Å². The fourth-order valence-corrected chi connectivity index (χ4v) is 3.56. The van der Waals surface area contributed by atoms with Crippen LogP contribution in [0.15, 0.2) is 36.7 Å². The summed E-state index contributed by atoms with van der Waals surface area (Å²) in [5.41, 5.74) is 2.59. The minimum Gasteiger partial charge on any atom is -0.316 e. The van der Waals surface area contributed by atoms with Gasteiger partial charge >= 0.3 is 0 Å². The predicted octanol–water partition coefficient (Wildman–Crippen LogP) is 3.81. The second-order valence-corrected chi connectivity index (χ2v) is 6.17. The largest absolute Gasteiger partial charge is 0.316 e. The molecule has 3 rings (SSSR count). The van der Waals surface area contributed by atoms with Gasteiger partial charge in [0.1, 0.15) is 0 Å². The molecule has 0 amide bonds. The molecule has 1 aromatic carbocycles. The van der Waals surface area contributed by atoms with Gasteiger partial charge in [0.25, 0.3) is 0 Å². The van der Waals surface area contributed by atoms with E-state index < -0.39 is 0 Å². The molecular formula is C17H22ClN3. The molecule has 1 fully saturated rings. The Kier molecular flexibility index (Phi) is 4.61. The van der Waals surface area contributed by atoms with Gasteiger partial charge in [-0.2, -0.15) is 5.10 Å². The molecule has 2 atom stereocenters. The number of benzene rings is 1. The van der Waals surface area contributed by atoms with E-state index in [4.69, 9.17) is 11.6 Å². The monoisotopic (exact) mass is 303 g/mol. The van der Waals surface area contributed by atoms with Gasteiger partial charge in [-0.15, -0.1) is 0 Å². The van der Waals surface area contributed by atoms with Crippen molar-refractivity contribution in [3.63, 3.8) is 0 Å². The Morgan fingerprint density at radius 2 is 2.19 bits per heavy atom. The summed E-state index contributed by atoms with van der Waals surface area (Å²) in [6.45, 7) is 5.21. The number of hydrogen-bond donors (Lipinski definition) is 1. The molecule has 0 radical (unpaired) electrons. The standard InChI is InChI=1S/C17H22ClN3/c1-2-9-21-12-13(10-20-21)14-7-8-19-11-16(14)15-5-3-4-6-17(15)18/h3-6,10,12,14,16,19H,2,7-9,11H2,1H3. The smallest absolute Gasteiger partial charge is 0.0524 e. The highest BCUT2D eigenvalue weighted by Gasteiger charge is 2.29. The lowest BCUT2D eigenvalue weighted by atomic mass is 9.78. The Morgan fingerprint density at radius 3 is 3.00 bits per heavy atom. The average Bonchev–Trinajstić information content (AvgIpc) is 2.97. The fourth-order valence-electron chi connectivity index (χ4n) is 3.28. The third-order valence-electron chi connectivity index (χ3n) is 4.32. The van der Waals surface area contributed by atoms with Crippen LogP contribution in [0.3, 0.4) is 0 Å². The number of hydrogen-bond acceptors (Lipinski definition) is 2. The van der Waals surface area contributed by atoms with Gasteiger partial charge in [-0.3, -0.25) is 4.68 Å². The Labute approximate surface area is 131 Å². The Hall–Kier alpha value is -1.32. The van der Waals surface area contributed by atoms with E-state index in [0.29, 0.717) is 11.8 Å². The number of aryl methyl sites for hydroxylation is 1. The van der Waals surface area contributed by atoms with Crippen molar-refractivity contribution in [3.8, 4) is 0 Å². The van der Waals surface area contributed by atoms with Gasteiger partial charge in [0, 0.05) is 30.2 Å². The fraction of sp³-hybridized carbons (Fsp3) is 0.471. The van der Waals surface area contributed by atoms with E-state index >= 15 is 0 Å². The lowest BCUT2D eigenvalue weighted by Gasteiger charge is -2.32. The maximum absolute atomic E-state index is 6.42. The summed E-state index contributed by atoms with van der Waals surface area (Å²) in [7, 11) is 0. The second-order valence-electron chi connectivity index (χ2n) is 5.76. The summed E-state index contributed by atoms with van der Waals surface area (Å²) in [6, 6.07) is 8.22. The summed E-state index contributed by atoms with van der Waals surface area (Å²) < 4.78 is 2.06.